The van der Waals surface area contributed by atoms with Crippen LogP contribution in [0.3, 0.4) is 0 Å². The zero-order valence-electron chi connectivity index (χ0n) is 8.34. The van der Waals surface area contributed by atoms with Crippen LogP contribution in [0.25, 0.3) is 0 Å². The van der Waals surface area contributed by atoms with Gasteiger partial charge in [0, 0.05) is 17.9 Å². The molecule has 0 saturated carbocycles. The quantitative estimate of drug-likeness (QED) is 0.640. The number of halogens is 1. The summed E-state index contributed by atoms with van der Waals surface area (Å²) in [5, 5.41) is 0. The van der Waals surface area contributed by atoms with Crippen molar-refractivity contribution in [3.05, 3.63) is 0 Å². The SMILES string of the molecule is C[C@H]1CO[C@](C)(C[Si]=O)[C@@H](C)[C@H]1F. The van der Waals surface area contributed by atoms with Crippen molar-refractivity contribution in [1.29, 1.82) is 0 Å². The van der Waals surface area contributed by atoms with Gasteiger partial charge < -0.3 is 9.20 Å². The van der Waals surface area contributed by atoms with E-state index in [9.17, 15) is 8.85 Å². The maximum Gasteiger partial charge on any atom is 0.328 e. The van der Waals surface area contributed by atoms with Crippen LogP contribution in [-0.4, -0.2) is 27.8 Å². The summed E-state index contributed by atoms with van der Waals surface area (Å²) in [7, 11) is -0.414. The molecule has 0 spiro atoms. The van der Waals surface area contributed by atoms with Crippen molar-refractivity contribution >= 4 is 9.41 Å². The molecule has 0 aromatic heterocycles. The summed E-state index contributed by atoms with van der Waals surface area (Å²) in [6, 6.07) is 0.432. The predicted molar refractivity (Wildman–Crippen MR) is 48.8 cm³/mol. The molecule has 1 fully saturated rings. The van der Waals surface area contributed by atoms with Gasteiger partial charge in [0.2, 0.25) is 0 Å². The van der Waals surface area contributed by atoms with E-state index in [2.05, 4.69) is 0 Å². The first-order valence-electron chi connectivity index (χ1n) is 4.64. The van der Waals surface area contributed by atoms with Gasteiger partial charge in [0.25, 0.3) is 0 Å². The Hall–Kier alpha value is -0.0931. The zero-order chi connectivity index (χ0) is 10.1. The lowest BCUT2D eigenvalue weighted by atomic mass is 9.80. The molecule has 0 aromatic rings. The topological polar surface area (TPSA) is 26.3 Å². The first kappa shape index (κ1) is 11.0. The lowest BCUT2D eigenvalue weighted by Gasteiger charge is -2.43. The highest BCUT2D eigenvalue weighted by molar-refractivity contribution is 6.17. The lowest BCUT2D eigenvalue weighted by molar-refractivity contribution is -0.143. The number of ether oxygens (including phenoxy) is 1. The molecular formula is C9H16FO2Si. The van der Waals surface area contributed by atoms with Gasteiger partial charge in [0.15, 0.2) is 0 Å². The van der Waals surface area contributed by atoms with Gasteiger partial charge in [-0.05, 0) is 6.92 Å². The average Bonchev–Trinajstić information content (AvgIpc) is 2.10. The van der Waals surface area contributed by atoms with Crippen LogP contribution in [0.5, 0.6) is 0 Å². The number of rotatable bonds is 2. The van der Waals surface area contributed by atoms with Crippen molar-refractivity contribution in [2.75, 3.05) is 6.61 Å². The molecule has 0 N–H and O–H groups in total. The summed E-state index contributed by atoms with van der Waals surface area (Å²) in [6.45, 7) is 5.97. The Bertz CT molecular complexity index is 200. The Morgan fingerprint density at radius 1 is 1.62 bits per heavy atom. The third-order valence-corrected chi connectivity index (χ3v) is 3.93. The molecule has 4 heteroatoms. The van der Waals surface area contributed by atoms with Crippen molar-refractivity contribution in [1.82, 2.24) is 0 Å². The highest BCUT2D eigenvalue weighted by atomic mass is 28.2. The predicted octanol–water partition coefficient (Wildman–Crippen LogP) is 1.85. The van der Waals surface area contributed by atoms with Crippen LogP contribution >= 0.6 is 0 Å². The fourth-order valence-corrected chi connectivity index (χ4v) is 2.44. The molecule has 2 nitrogen and oxygen atoms in total. The molecule has 13 heavy (non-hydrogen) atoms. The summed E-state index contributed by atoms with van der Waals surface area (Å²) >= 11 is 0. The van der Waals surface area contributed by atoms with Crippen LogP contribution in [0.15, 0.2) is 0 Å². The summed E-state index contributed by atoms with van der Waals surface area (Å²) in [5.41, 5.74) is -0.536. The van der Waals surface area contributed by atoms with Crippen molar-refractivity contribution < 1.29 is 13.6 Å². The third-order valence-electron chi connectivity index (χ3n) is 3.08. The molecule has 0 aliphatic carbocycles. The molecule has 0 unspecified atom stereocenters. The number of hydrogen-bond donors (Lipinski definition) is 0. The zero-order valence-corrected chi connectivity index (χ0v) is 9.34. The van der Waals surface area contributed by atoms with Crippen molar-refractivity contribution in [3.63, 3.8) is 0 Å². The molecule has 1 saturated heterocycles. The second kappa shape index (κ2) is 3.96. The summed E-state index contributed by atoms with van der Waals surface area (Å²) in [4.78, 5) is 0. The Balaban J connectivity index is 2.72. The molecule has 1 rings (SSSR count). The fraction of sp³-hybridized carbons (Fsp3) is 1.00. The fourth-order valence-electron chi connectivity index (χ4n) is 1.73. The molecule has 1 aliphatic rings. The molecule has 4 atom stereocenters. The van der Waals surface area contributed by atoms with Crippen LogP contribution < -0.4 is 0 Å². The van der Waals surface area contributed by atoms with Crippen LogP contribution in [0, 0.1) is 11.8 Å². The van der Waals surface area contributed by atoms with Gasteiger partial charge in [0.1, 0.15) is 6.17 Å². The summed E-state index contributed by atoms with van der Waals surface area (Å²) in [5.74, 6) is -0.212. The van der Waals surface area contributed by atoms with Crippen molar-refractivity contribution in [2.24, 2.45) is 11.8 Å². The van der Waals surface area contributed by atoms with E-state index < -0.39 is 21.2 Å². The monoisotopic (exact) mass is 203 g/mol. The minimum atomic E-state index is -0.838. The average molecular weight is 203 g/mol. The van der Waals surface area contributed by atoms with Gasteiger partial charge in [-0.15, -0.1) is 0 Å². The van der Waals surface area contributed by atoms with Crippen molar-refractivity contribution in [3.8, 4) is 0 Å². The van der Waals surface area contributed by atoms with Crippen LogP contribution in [0.1, 0.15) is 20.8 Å². The van der Waals surface area contributed by atoms with Gasteiger partial charge in [0.05, 0.1) is 12.2 Å². The molecule has 1 radical (unpaired) electrons. The van der Waals surface area contributed by atoms with E-state index in [1.165, 1.54) is 0 Å². The molecule has 0 bridgehead atoms. The normalized spacial score (nSPS) is 46.0. The van der Waals surface area contributed by atoms with Gasteiger partial charge in [-0.2, -0.15) is 0 Å². The van der Waals surface area contributed by atoms with E-state index in [1.54, 1.807) is 0 Å². The first-order chi connectivity index (χ1) is 6.01. The first-order valence-corrected chi connectivity index (χ1v) is 5.76. The van der Waals surface area contributed by atoms with Crippen LogP contribution in [0.2, 0.25) is 6.04 Å². The second-order valence-corrected chi connectivity index (χ2v) is 4.80. The van der Waals surface area contributed by atoms with Crippen molar-refractivity contribution in [2.45, 2.75) is 38.6 Å². The molecule has 75 valence electrons. The third kappa shape index (κ3) is 2.04. The number of alkyl halides is 1. The smallest absolute Gasteiger partial charge is 0.328 e. The maximum atomic E-state index is 13.6. The standard InChI is InChI=1S/C9H16FO2Si/c1-6-4-12-9(3,5-13-11)7(2)8(6)10/h6-8H,4-5H2,1-3H3/t6-,7-,8-,9+/m0/s1. The van der Waals surface area contributed by atoms with E-state index in [4.69, 9.17) is 4.74 Å². The largest absolute Gasteiger partial charge is 0.385 e. The van der Waals surface area contributed by atoms with Gasteiger partial charge >= 0.3 is 9.41 Å². The van der Waals surface area contributed by atoms with E-state index >= 15 is 0 Å². The molecular weight excluding hydrogens is 187 g/mol. The number of hydrogen-bond acceptors (Lipinski definition) is 2. The second-order valence-electron chi connectivity index (χ2n) is 4.16. The van der Waals surface area contributed by atoms with E-state index in [-0.39, 0.29) is 11.8 Å². The van der Waals surface area contributed by atoms with Gasteiger partial charge in [-0.1, -0.05) is 13.8 Å². The van der Waals surface area contributed by atoms with E-state index in [0.29, 0.717) is 12.7 Å². The molecule has 0 amide bonds. The summed E-state index contributed by atoms with van der Waals surface area (Å²) in [6.07, 6.45) is -0.838. The van der Waals surface area contributed by atoms with Gasteiger partial charge in [-0.3, -0.25) is 0 Å². The van der Waals surface area contributed by atoms with E-state index in [1.807, 2.05) is 20.8 Å². The minimum absolute atomic E-state index is 0.0435. The Kier molecular flexibility index (Phi) is 3.35. The summed E-state index contributed by atoms with van der Waals surface area (Å²) < 4.78 is 29.7. The molecule has 1 aliphatic heterocycles. The van der Waals surface area contributed by atoms with Crippen LogP contribution in [0.4, 0.5) is 4.39 Å². The minimum Gasteiger partial charge on any atom is -0.385 e. The van der Waals surface area contributed by atoms with E-state index in [0.717, 1.165) is 0 Å². The maximum absolute atomic E-state index is 13.6. The van der Waals surface area contributed by atoms with Crippen LogP contribution in [-0.2, 0) is 9.20 Å². The molecule has 0 aromatic carbocycles. The Morgan fingerprint density at radius 3 is 2.77 bits per heavy atom. The Morgan fingerprint density at radius 2 is 2.23 bits per heavy atom. The Labute approximate surface area is 80.7 Å². The molecule has 1 heterocycles. The highest BCUT2D eigenvalue weighted by Crippen LogP contribution is 2.37. The van der Waals surface area contributed by atoms with Gasteiger partial charge in [-0.25, -0.2) is 4.39 Å². The lowest BCUT2D eigenvalue weighted by Crippen LogP contribution is -2.49. The highest BCUT2D eigenvalue weighted by Gasteiger charge is 2.43.